The summed E-state index contributed by atoms with van der Waals surface area (Å²) in [7, 11) is 1.61. The zero-order valence-corrected chi connectivity index (χ0v) is 15.8. The SMILES string of the molecule is COc1ccc(NC(=O)NCc2ccsc2)cc1OCCCC(C)C. The van der Waals surface area contributed by atoms with Crippen molar-refractivity contribution in [2.75, 3.05) is 19.0 Å². The summed E-state index contributed by atoms with van der Waals surface area (Å²) in [5, 5.41) is 9.65. The van der Waals surface area contributed by atoms with Crippen molar-refractivity contribution in [3.8, 4) is 11.5 Å². The van der Waals surface area contributed by atoms with E-state index < -0.39 is 0 Å². The minimum atomic E-state index is -0.248. The summed E-state index contributed by atoms with van der Waals surface area (Å²) in [5.41, 5.74) is 1.76. The molecular formula is C19H26N2O3S. The average molecular weight is 362 g/mol. The summed E-state index contributed by atoms with van der Waals surface area (Å²) in [5.74, 6) is 1.96. The minimum absolute atomic E-state index is 0.248. The zero-order chi connectivity index (χ0) is 18.1. The Morgan fingerprint density at radius 3 is 2.76 bits per heavy atom. The number of rotatable bonds is 9. The van der Waals surface area contributed by atoms with Gasteiger partial charge >= 0.3 is 6.03 Å². The smallest absolute Gasteiger partial charge is 0.319 e. The largest absolute Gasteiger partial charge is 0.493 e. The van der Waals surface area contributed by atoms with Crippen LogP contribution in [0.25, 0.3) is 0 Å². The molecule has 0 saturated carbocycles. The number of amides is 2. The molecule has 0 aliphatic heterocycles. The number of anilines is 1. The molecule has 0 aliphatic carbocycles. The van der Waals surface area contributed by atoms with Gasteiger partial charge in [-0.2, -0.15) is 11.3 Å². The van der Waals surface area contributed by atoms with E-state index in [9.17, 15) is 4.79 Å². The lowest BCUT2D eigenvalue weighted by molar-refractivity contribution is 0.251. The molecule has 0 fully saturated rings. The molecule has 5 nitrogen and oxygen atoms in total. The Hall–Kier alpha value is -2.21. The first-order chi connectivity index (χ1) is 12.1. The molecule has 136 valence electrons. The number of hydrogen-bond acceptors (Lipinski definition) is 4. The highest BCUT2D eigenvalue weighted by Crippen LogP contribution is 2.30. The van der Waals surface area contributed by atoms with Crippen LogP contribution in [-0.4, -0.2) is 19.7 Å². The molecule has 2 amide bonds. The van der Waals surface area contributed by atoms with Crippen LogP contribution in [0.1, 0.15) is 32.3 Å². The maximum absolute atomic E-state index is 12.0. The molecule has 0 radical (unpaired) electrons. The summed E-state index contributed by atoms with van der Waals surface area (Å²) >= 11 is 1.61. The van der Waals surface area contributed by atoms with E-state index in [0.717, 1.165) is 18.4 Å². The first-order valence-corrected chi connectivity index (χ1v) is 9.39. The van der Waals surface area contributed by atoms with Crippen molar-refractivity contribution in [1.29, 1.82) is 0 Å². The van der Waals surface area contributed by atoms with E-state index in [0.29, 0.717) is 36.3 Å². The molecule has 6 heteroatoms. The van der Waals surface area contributed by atoms with Gasteiger partial charge in [0.25, 0.3) is 0 Å². The van der Waals surface area contributed by atoms with E-state index in [1.165, 1.54) is 0 Å². The van der Waals surface area contributed by atoms with Crippen LogP contribution in [0.5, 0.6) is 11.5 Å². The molecule has 1 aromatic heterocycles. The second-order valence-corrected chi connectivity index (χ2v) is 6.97. The molecule has 0 saturated heterocycles. The third kappa shape index (κ3) is 6.66. The van der Waals surface area contributed by atoms with Gasteiger partial charge in [-0.15, -0.1) is 0 Å². The van der Waals surface area contributed by atoms with Gasteiger partial charge in [0.15, 0.2) is 11.5 Å². The van der Waals surface area contributed by atoms with Gasteiger partial charge in [0.1, 0.15) is 0 Å². The monoisotopic (exact) mass is 362 g/mol. The van der Waals surface area contributed by atoms with Crippen molar-refractivity contribution in [3.05, 3.63) is 40.6 Å². The van der Waals surface area contributed by atoms with Crippen LogP contribution in [0.4, 0.5) is 10.5 Å². The Morgan fingerprint density at radius 2 is 2.08 bits per heavy atom. The molecule has 2 N–H and O–H groups in total. The van der Waals surface area contributed by atoms with Crippen LogP contribution >= 0.6 is 11.3 Å². The van der Waals surface area contributed by atoms with Crippen LogP contribution in [0.2, 0.25) is 0 Å². The van der Waals surface area contributed by atoms with E-state index in [4.69, 9.17) is 9.47 Å². The number of thiophene rings is 1. The number of ether oxygens (including phenoxy) is 2. The molecular weight excluding hydrogens is 336 g/mol. The highest BCUT2D eigenvalue weighted by Gasteiger charge is 2.08. The van der Waals surface area contributed by atoms with Crippen molar-refractivity contribution in [2.24, 2.45) is 5.92 Å². The van der Waals surface area contributed by atoms with Crippen molar-refractivity contribution in [3.63, 3.8) is 0 Å². The maximum Gasteiger partial charge on any atom is 0.319 e. The second kappa shape index (κ2) is 9.93. The average Bonchev–Trinajstić information content (AvgIpc) is 3.10. The number of benzene rings is 1. The van der Waals surface area contributed by atoms with Gasteiger partial charge in [0.05, 0.1) is 13.7 Å². The van der Waals surface area contributed by atoms with E-state index in [1.54, 1.807) is 36.6 Å². The van der Waals surface area contributed by atoms with Gasteiger partial charge in [0, 0.05) is 18.3 Å². The lowest BCUT2D eigenvalue weighted by atomic mass is 10.1. The predicted octanol–water partition coefficient (Wildman–Crippen LogP) is 4.89. The fraction of sp³-hybridized carbons (Fsp3) is 0.421. The normalized spacial score (nSPS) is 10.6. The van der Waals surface area contributed by atoms with Gasteiger partial charge in [-0.05, 0) is 53.3 Å². The van der Waals surface area contributed by atoms with Crippen LogP contribution in [0, 0.1) is 5.92 Å². The lowest BCUT2D eigenvalue weighted by Crippen LogP contribution is -2.27. The van der Waals surface area contributed by atoms with Crippen molar-refractivity contribution < 1.29 is 14.3 Å². The topological polar surface area (TPSA) is 59.6 Å². The van der Waals surface area contributed by atoms with Crippen molar-refractivity contribution in [2.45, 2.75) is 33.2 Å². The standard InChI is InChI=1S/C19H26N2O3S/c1-14(2)5-4-9-24-18-11-16(6-7-17(18)23-3)21-19(22)20-12-15-8-10-25-13-15/h6-8,10-11,13-14H,4-5,9,12H2,1-3H3,(H2,20,21,22). The number of methoxy groups -OCH3 is 1. The summed E-state index contributed by atoms with van der Waals surface area (Å²) in [6, 6.07) is 7.12. The van der Waals surface area contributed by atoms with Crippen LogP contribution < -0.4 is 20.1 Å². The summed E-state index contributed by atoms with van der Waals surface area (Å²) < 4.78 is 11.2. The van der Waals surface area contributed by atoms with Crippen LogP contribution in [-0.2, 0) is 6.54 Å². The highest BCUT2D eigenvalue weighted by atomic mass is 32.1. The van der Waals surface area contributed by atoms with Crippen LogP contribution in [0.15, 0.2) is 35.0 Å². The van der Waals surface area contributed by atoms with Crippen molar-refractivity contribution >= 4 is 23.1 Å². The van der Waals surface area contributed by atoms with E-state index >= 15 is 0 Å². The second-order valence-electron chi connectivity index (χ2n) is 6.19. The first kappa shape index (κ1) is 19.1. The molecule has 1 heterocycles. The molecule has 0 aliphatic rings. The number of nitrogens with one attached hydrogen (secondary N) is 2. The van der Waals surface area contributed by atoms with Gasteiger partial charge in [-0.1, -0.05) is 13.8 Å². The lowest BCUT2D eigenvalue weighted by Gasteiger charge is -2.13. The minimum Gasteiger partial charge on any atom is -0.493 e. The molecule has 2 rings (SSSR count). The fourth-order valence-corrected chi connectivity index (χ4v) is 2.96. The van der Waals surface area contributed by atoms with E-state index in [1.807, 2.05) is 16.8 Å². The Kier molecular flexibility index (Phi) is 7.60. The summed E-state index contributed by atoms with van der Waals surface area (Å²) in [6.07, 6.45) is 2.10. The third-order valence-electron chi connectivity index (χ3n) is 3.64. The quantitative estimate of drug-likeness (QED) is 0.624. The Labute approximate surface area is 153 Å². The predicted molar refractivity (Wildman–Crippen MR) is 103 cm³/mol. The molecule has 25 heavy (non-hydrogen) atoms. The molecule has 0 atom stereocenters. The molecule has 0 unspecified atom stereocenters. The van der Waals surface area contributed by atoms with Crippen molar-refractivity contribution in [1.82, 2.24) is 5.32 Å². The molecule has 1 aromatic carbocycles. The number of hydrogen-bond donors (Lipinski definition) is 2. The first-order valence-electron chi connectivity index (χ1n) is 8.45. The zero-order valence-electron chi connectivity index (χ0n) is 15.0. The summed E-state index contributed by atoms with van der Waals surface area (Å²) in [4.78, 5) is 12.0. The van der Waals surface area contributed by atoms with Gasteiger partial charge < -0.3 is 20.1 Å². The third-order valence-corrected chi connectivity index (χ3v) is 4.37. The number of carbonyl (C=O) groups is 1. The molecule has 0 bridgehead atoms. The molecule has 0 spiro atoms. The number of carbonyl (C=O) groups excluding carboxylic acids is 1. The Morgan fingerprint density at radius 1 is 1.24 bits per heavy atom. The van der Waals surface area contributed by atoms with Gasteiger partial charge in [-0.3, -0.25) is 0 Å². The summed E-state index contributed by atoms with van der Waals surface area (Å²) in [6.45, 7) is 5.52. The van der Waals surface area contributed by atoms with Crippen LogP contribution in [0.3, 0.4) is 0 Å². The number of urea groups is 1. The van der Waals surface area contributed by atoms with E-state index in [-0.39, 0.29) is 6.03 Å². The van der Waals surface area contributed by atoms with E-state index in [2.05, 4.69) is 24.5 Å². The highest BCUT2D eigenvalue weighted by molar-refractivity contribution is 7.07. The maximum atomic E-state index is 12.0. The fourth-order valence-electron chi connectivity index (χ4n) is 2.29. The van der Waals surface area contributed by atoms with Gasteiger partial charge in [0.2, 0.25) is 0 Å². The van der Waals surface area contributed by atoms with Gasteiger partial charge in [-0.25, -0.2) is 4.79 Å². The Bertz CT molecular complexity index is 657. The molecule has 2 aromatic rings. The Balaban J connectivity index is 1.89.